The van der Waals surface area contributed by atoms with E-state index in [0.717, 1.165) is 12.8 Å². The number of carbonyl (C=O) groups excluding carboxylic acids is 1. The fourth-order valence-electron chi connectivity index (χ4n) is 2.24. The third kappa shape index (κ3) is 13.6. The smallest absolute Gasteiger partial charge is 0.305 e. The number of unbranched alkanes of at least 4 members (excludes halogenated alkanes) is 9. The minimum absolute atomic E-state index is 0.316. The van der Waals surface area contributed by atoms with Gasteiger partial charge in [-0.1, -0.05) is 64.7 Å². The Morgan fingerprint density at radius 3 is 1.90 bits per heavy atom. The van der Waals surface area contributed by atoms with Gasteiger partial charge in [-0.25, -0.2) is 0 Å². The van der Waals surface area contributed by atoms with Gasteiger partial charge in [0.05, 0.1) is 12.5 Å². The van der Waals surface area contributed by atoms with Gasteiger partial charge in [-0.3, -0.25) is 9.59 Å². The van der Waals surface area contributed by atoms with Crippen molar-refractivity contribution in [2.24, 2.45) is 5.73 Å². The molecule has 1 unspecified atom stereocenters. The number of nitrogens with two attached hydrogens (primary N) is 1. The van der Waals surface area contributed by atoms with Crippen LogP contribution in [-0.2, 0) is 9.59 Å². The van der Waals surface area contributed by atoms with E-state index in [1.165, 1.54) is 51.4 Å². The fourth-order valence-corrected chi connectivity index (χ4v) is 2.24. The Morgan fingerprint density at radius 2 is 1.43 bits per heavy atom. The van der Waals surface area contributed by atoms with Crippen LogP contribution in [0.3, 0.4) is 0 Å². The highest BCUT2D eigenvalue weighted by atomic mass is 16.4. The molecule has 0 saturated heterocycles. The number of amides is 1. The predicted molar refractivity (Wildman–Crippen MR) is 85.1 cm³/mol. The van der Waals surface area contributed by atoms with Crippen molar-refractivity contribution in [1.29, 1.82) is 0 Å². The Hall–Kier alpha value is -1.10. The van der Waals surface area contributed by atoms with E-state index in [0.29, 0.717) is 6.54 Å². The van der Waals surface area contributed by atoms with Gasteiger partial charge in [0, 0.05) is 6.54 Å². The zero-order valence-corrected chi connectivity index (χ0v) is 13.4. The SMILES string of the molecule is CCCCCCCCCCCCNC(=O)C(N)CC(=O)O. The highest BCUT2D eigenvalue weighted by Gasteiger charge is 2.15. The van der Waals surface area contributed by atoms with E-state index >= 15 is 0 Å². The van der Waals surface area contributed by atoms with Crippen LogP contribution in [0.15, 0.2) is 0 Å². The van der Waals surface area contributed by atoms with Gasteiger partial charge in [-0.05, 0) is 6.42 Å². The van der Waals surface area contributed by atoms with Crippen LogP contribution in [0.2, 0.25) is 0 Å². The van der Waals surface area contributed by atoms with Crippen molar-refractivity contribution in [2.75, 3.05) is 6.54 Å². The minimum Gasteiger partial charge on any atom is -0.481 e. The first-order valence-electron chi connectivity index (χ1n) is 8.33. The van der Waals surface area contributed by atoms with Crippen molar-refractivity contribution in [3.05, 3.63) is 0 Å². The number of aliphatic carboxylic acids is 1. The van der Waals surface area contributed by atoms with Crippen LogP contribution in [0.1, 0.15) is 77.6 Å². The Morgan fingerprint density at radius 1 is 0.952 bits per heavy atom. The molecule has 5 nitrogen and oxygen atoms in total. The van der Waals surface area contributed by atoms with Crippen molar-refractivity contribution < 1.29 is 14.7 Å². The molecule has 0 aromatic carbocycles. The molecule has 0 aromatic rings. The van der Waals surface area contributed by atoms with Crippen molar-refractivity contribution in [2.45, 2.75) is 83.6 Å². The summed E-state index contributed by atoms with van der Waals surface area (Å²) in [6.45, 7) is 2.82. The standard InChI is InChI=1S/C16H32N2O3/c1-2-3-4-5-6-7-8-9-10-11-12-18-16(21)14(17)13-15(19)20/h14H,2-13,17H2,1H3,(H,18,21)(H,19,20). The molecule has 0 spiro atoms. The van der Waals surface area contributed by atoms with Crippen LogP contribution >= 0.6 is 0 Å². The minimum atomic E-state index is -1.04. The van der Waals surface area contributed by atoms with Crippen LogP contribution < -0.4 is 11.1 Å². The van der Waals surface area contributed by atoms with Crippen LogP contribution in [-0.4, -0.2) is 29.6 Å². The zero-order valence-electron chi connectivity index (χ0n) is 13.4. The lowest BCUT2D eigenvalue weighted by atomic mass is 10.1. The van der Waals surface area contributed by atoms with E-state index in [2.05, 4.69) is 12.2 Å². The van der Waals surface area contributed by atoms with E-state index in [-0.39, 0.29) is 12.3 Å². The molecule has 124 valence electrons. The quantitative estimate of drug-likeness (QED) is 0.430. The summed E-state index contributed by atoms with van der Waals surface area (Å²) in [5.74, 6) is -1.41. The highest BCUT2D eigenvalue weighted by Crippen LogP contribution is 2.10. The van der Waals surface area contributed by atoms with E-state index in [4.69, 9.17) is 10.8 Å². The Kier molecular flexibility index (Phi) is 13.1. The van der Waals surface area contributed by atoms with Crippen molar-refractivity contribution >= 4 is 11.9 Å². The van der Waals surface area contributed by atoms with Gasteiger partial charge in [0.1, 0.15) is 0 Å². The monoisotopic (exact) mass is 300 g/mol. The third-order valence-electron chi connectivity index (χ3n) is 3.56. The molecule has 0 aliphatic rings. The third-order valence-corrected chi connectivity index (χ3v) is 3.56. The molecule has 0 aliphatic carbocycles. The van der Waals surface area contributed by atoms with E-state index in [9.17, 15) is 9.59 Å². The highest BCUT2D eigenvalue weighted by molar-refractivity contribution is 5.85. The van der Waals surface area contributed by atoms with Crippen molar-refractivity contribution in [3.63, 3.8) is 0 Å². The van der Waals surface area contributed by atoms with E-state index in [1.54, 1.807) is 0 Å². The first-order chi connectivity index (χ1) is 10.1. The number of hydrogen-bond acceptors (Lipinski definition) is 3. The molecule has 21 heavy (non-hydrogen) atoms. The molecule has 0 bridgehead atoms. The fraction of sp³-hybridized carbons (Fsp3) is 0.875. The number of nitrogens with one attached hydrogen (secondary N) is 1. The molecule has 5 heteroatoms. The van der Waals surface area contributed by atoms with Crippen LogP contribution in [0.4, 0.5) is 0 Å². The van der Waals surface area contributed by atoms with Gasteiger partial charge in [0.25, 0.3) is 0 Å². The predicted octanol–water partition coefficient (Wildman–Crippen LogP) is 2.83. The lowest BCUT2D eigenvalue weighted by Gasteiger charge is -2.09. The van der Waals surface area contributed by atoms with Gasteiger partial charge < -0.3 is 16.2 Å². The summed E-state index contributed by atoms with van der Waals surface area (Å²) < 4.78 is 0. The van der Waals surface area contributed by atoms with Crippen LogP contribution in [0.5, 0.6) is 0 Å². The van der Waals surface area contributed by atoms with Gasteiger partial charge in [-0.15, -0.1) is 0 Å². The second kappa shape index (κ2) is 13.9. The summed E-state index contributed by atoms with van der Waals surface area (Å²) in [4.78, 5) is 21.9. The molecular formula is C16H32N2O3. The summed E-state index contributed by atoms with van der Waals surface area (Å²) >= 11 is 0. The molecule has 0 fully saturated rings. The van der Waals surface area contributed by atoms with E-state index < -0.39 is 12.0 Å². The summed E-state index contributed by atoms with van der Waals surface area (Å²) in [7, 11) is 0. The molecular weight excluding hydrogens is 268 g/mol. The lowest BCUT2D eigenvalue weighted by Crippen LogP contribution is -2.42. The number of hydrogen-bond donors (Lipinski definition) is 3. The van der Waals surface area contributed by atoms with E-state index in [1.807, 2.05) is 0 Å². The zero-order chi connectivity index (χ0) is 15.9. The number of rotatable bonds is 14. The topological polar surface area (TPSA) is 92.4 Å². The van der Waals surface area contributed by atoms with Crippen LogP contribution in [0.25, 0.3) is 0 Å². The maximum atomic E-state index is 11.4. The number of carboxylic acids is 1. The average molecular weight is 300 g/mol. The Labute approximate surface area is 128 Å². The maximum Gasteiger partial charge on any atom is 0.305 e. The summed E-state index contributed by atoms with van der Waals surface area (Å²) in [6.07, 6.45) is 12.2. The van der Waals surface area contributed by atoms with Crippen molar-refractivity contribution in [1.82, 2.24) is 5.32 Å². The molecule has 0 aliphatic heterocycles. The first-order valence-corrected chi connectivity index (χ1v) is 8.33. The average Bonchev–Trinajstić information content (AvgIpc) is 2.43. The lowest BCUT2D eigenvalue weighted by molar-refractivity contribution is -0.139. The number of carbonyl (C=O) groups is 2. The second-order valence-corrected chi connectivity index (χ2v) is 5.68. The Bertz CT molecular complexity index is 283. The molecule has 0 aromatic heterocycles. The first kappa shape index (κ1) is 19.9. The Balaban J connectivity index is 3.28. The normalized spacial score (nSPS) is 12.1. The largest absolute Gasteiger partial charge is 0.481 e. The maximum absolute atomic E-state index is 11.4. The summed E-state index contributed by atoms with van der Waals surface area (Å²) in [6, 6.07) is -0.939. The van der Waals surface area contributed by atoms with Gasteiger partial charge in [0.15, 0.2) is 0 Å². The summed E-state index contributed by atoms with van der Waals surface area (Å²) in [5.41, 5.74) is 5.46. The van der Waals surface area contributed by atoms with Gasteiger partial charge in [-0.2, -0.15) is 0 Å². The molecule has 1 atom stereocenters. The molecule has 0 saturated carbocycles. The van der Waals surface area contributed by atoms with Gasteiger partial charge in [0.2, 0.25) is 5.91 Å². The molecule has 0 radical (unpaired) electrons. The van der Waals surface area contributed by atoms with Gasteiger partial charge >= 0.3 is 5.97 Å². The molecule has 0 heterocycles. The van der Waals surface area contributed by atoms with Crippen molar-refractivity contribution in [3.8, 4) is 0 Å². The molecule has 4 N–H and O–H groups in total. The van der Waals surface area contributed by atoms with Crippen LogP contribution in [0, 0.1) is 0 Å². The molecule has 0 rings (SSSR count). The number of carboxylic acid groups (broad SMARTS) is 1. The second-order valence-electron chi connectivity index (χ2n) is 5.68. The summed E-state index contributed by atoms with van der Waals surface area (Å²) in [5, 5.41) is 11.2. The molecule has 1 amide bonds.